The van der Waals surface area contributed by atoms with Gasteiger partial charge in [-0.2, -0.15) is 0 Å². The molecule has 96 valence electrons. The zero-order chi connectivity index (χ0) is 13.1. The molecule has 1 aromatic rings. The number of hydrogen-bond donors (Lipinski definition) is 2. The quantitative estimate of drug-likeness (QED) is 0.813. The van der Waals surface area contributed by atoms with E-state index in [9.17, 15) is 9.59 Å². The van der Waals surface area contributed by atoms with Gasteiger partial charge in [-0.15, -0.1) is 0 Å². The number of halogens is 1. The first-order valence-corrected chi connectivity index (χ1v) is 6.50. The zero-order valence-corrected chi connectivity index (χ0v) is 11.2. The highest BCUT2D eigenvalue weighted by atomic mass is 79.9. The predicted octanol–water partition coefficient (Wildman–Crippen LogP) is 1.83. The molecule has 2 N–H and O–H groups in total. The van der Waals surface area contributed by atoms with Crippen molar-refractivity contribution < 1.29 is 14.7 Å². The zero-order valence-electron chi connectivity index (χ0n) is 9.60. The van der Waals surface area contributed by atoms with E-state index in [4.69, 9.17) is 5.11 Å². The summed E-state index contributed by atoms with van der Waals surface area (Å²) in [5.41, 5.74) is 0.425. The number of rotatable bonds is 5. The molecule has 1 unspecified atom stereocenters. The van der Waals surface area contributed by atoms with E-state index in [-0.39, 0.29) is 18.4 Å². The Hall–Kier alpha value is -1.43. The van der Waals surface area contributed by atoms with Gasteiger partial charge in [0.25, 0.3) is 5.91 Å². The number of carbonyl (C=O) groups is 2. The molecule has 1 saturated carbocycles. The fraction of sp³-hybridized carbons (Fsp3) is 0.417. The lowest BCUT2D eigenvalue weighted by Gasteiger charge is -2.16. The van der Waals surface area contributed by atoms with Crippen molar-refractivity contribution in [1.29, 1.82) is 0 Å². The largest absolute Gasteiger partial charge is 0.481 e. The lowest BCUT2D eigenvalue weighted by Crippen LogP contribution is -2.38. The maximum atomic E-state index is 12.0. The maximum Gasteiger partial charge on any atom is 0.305 e. The van der Waals surface area contributed by atoms with Gasteiger partial charge in [0.1, 0.15) is 4.60 Å². The van der Waals surface area contributed by atoms with Crippen molar-refractivity contribution in [1.82, 2.24) is 10.3 Å². The minimum atomic E-state index is -0.891. The molecule has 1 heterocycles. The van der Waals surface area contributed by atoms with Crippen LogP contribution in [0.5, 0.6) is 0 Å². The highest BCUT2D eigenvalue weighted by Gasteiger charge is 2.34. The molecule has 0 saturated heterocycles. The smallest absolute Gasteiger partial charge is 0.305 e. The molecule has 1 atom stereocenters. The van der Waals surface area contributed by atoms with Crippen LogP contribution in [0.3, 0.4) is 0 Å². The van der Waals surface area contributed by atoms with Crippen LogP contribution in [0, 0.1) is 5.92 Å². The first kappa shape index (κ1) is 13.0. The molecule has 6 heteroatoms. The van der Waals surface area contributed by atoms with E-state index < -0.39 is 5.97 Å². The van der Waals surface area contributed by atoms with Crippen LogP contribution in [0.4, 0.5) is 0 Å². The van der Waals surface area contributed by atoms with Crippen LogP contribution in [0.15, 0.2) is 22.9 Å². The molecule has 18 heavy (non-hydrogen) atoms. The molecule has 1 amide bonds. The Morgan fingerprint density at radius 1 is 1.56 bits per heavy atom. The first-order valence-electron chi connectivity index (χ1n) is 5.71. The van der Waals surface area contributed by atoms with E-state index in [1.807, 2.05) is 0 Å². The van der Waals surface area contributed by atoms with Crippen molar-refractivity contribution in [2.24, 2.45) is 5.92 Å². The average molecular weight is 313 g/mol. The van der Waals surface area contributed by atoms with Gasteiger partial charge in [-0.3, -0.25) is 9.59 Å². The molecule has 0 radical (unpaired) electrons. The fourth-order valence-electron chi connectivity index (χ4n) is 1.82. The van der Waals surface area contributed by atoms with Crippen molar-refractivity contribution in [3.63, 3.8) is 0 Å². The van der Waals surface area contributed by atoms with Crippen molar-refractivity contribution in [3.05, 3.63) is 28.5 Å². The van der Waals surface area contributed by atoms with Gasteiger partial charge in [0, 0.05) is 12.2 Å². The molecule has 0 bridgehead atoms. The molecule has 2 rings (SSSR count). The number of amides is 1. The number of aliphatic carboxylic acids is 1. The SMILES string of the molecule is O=C(O)CC(NC(=O)c1cccnc1Br)C1CC1. The Kier molecular flexibility index (Phi) is 3.96. The second-order valence-corrected chi connectivity index (χ2v) is 5.11. The number of aromatic nitrogens is 1. The van der Waals surface area contributed by atoms with Gasteiger partial charge in [0.15, 0.2) is 0 Å². The number of nitrogens with one attached hydrogen (secondary N) is 1. The van der Waals surface area contributed by atoms with Crippen LogP contribution in [-0.2, 0) is 4.79 Å². The first-order chi connectivity index (χ1) is 8.58. The summed E-state index contributed by atoms with van der Waals surface area (Å²) in [5.74, 6) is -0.883. The highest BCUT2D eigenvalue weighted by Crippen LogP contribution is 2.34. The molecule has 1 aromatic heterocycles. The number of carboxylic acids is 1. The second kappa shape index (κ2) is 5.48. The molecule has 5 nitrogen and oxygen atoms in total. The van der Waals surface area contributed by atoms with Crippen molar-refractivity contribution in [3.8, 4) is 0 Å². The molecule has 1 aliphatic carbocycles. The fourth-order valence-corrected chi connectivity index (χ4v) is 2.25. The van der Waals surface area contributed by atoms with Gasteiger partial charge in [-0.1, -0.05) is 0 Å². The summed E-state index contributed by atoms with van der Waals surface area (Å²) >= 11 is 3.20. The van der Waals surface area contributed by atoms with E-state index in [0.29, 0.717) is 16.1 Å². The van der Waals surface area contributed by atoms with Crippen LogP contribution in [-0.4, -0.2) is 28.0 Å². The van der Waals surface area contributed by atoms with Crippen LogP contribution >= 0.6 is 15.9 Å². The summed E-state index contributed by atoms with van der Waals surface area (Å²) in [6.07, 6.45) is 3.50. The van der Waals surface area contributed by atoms with E-state index in [2.05, 4.69) is 26.2 Å². The number of nitrogens with zero attached hydrogens (tertiary/aromatic N) is 1. The van der Waals surface area contributed by atoms with E-state index in [0.717, 1.165) is 12.8 Å². The van der Waals surface area contributed by atoms with Gasteiger partial charge in [0.2, 0.25) is 0 Å². The van der Waals surface area contributed by atoms with Crippen LogP contribution in [0.25, 0.3) is 0 Å². The Bertz CT molecular complexity index is 474. The van der Waals surface area contributed by atoms with E-state index in [1.54, 1.807) is 18.3 Å². The molecule has 0 aromatic carbocycles. The number of hydrogen-bond acceptors (Lipinski definition) is 3. The topological polar surface area (TPSA) is 79.3 Å². The molecule has 1 aliphatic rings. The third kappa shape index (κ3) is 3.29. The molecular formula is C12H13BrN2O3. The summed E-state index contributed by atoms with van der Waals surface area (Å²) in [4.78, 5) is 26.7. The maximum absolute atomic E-state index is 12.0. The summed E-state index contributed by atoms with van der Waals surface area (Å²) in [5, 5.41) is 11.6. The Labute approximate surface area is 113 Å². The van der Waals surface area contributed by atoms with E-state index in [1.165, 1.54) is 0 Å². The monoisotopic (exact) mass is 312 g/mol. The average Bonchev–Trinajstić information content (AvgIpc) is 3.11. The van der Waals surface area contributed by atoms with Crippen LogP contribution in [0.1, 0.15) is 29.6 Å². The molecule has 1 fully saturated rings. The molecule has 0 spiro atoms. The van der Waals surface area contributed by atoms with Gasteiger partial charge < -0.3 is 10.4 Å². The molecular weight excluding hydrogens is 300 g/mol. The van der Waals surface area contributed by atoms with Gasteiger partial charge >= 0.3 is 5.97 Å². The third-order valence-corrected chi connectivity index (χ3v) is 3.54. The standard InChI is InChI=1S/C12H13BrN2O3/c13-11-8(2-1-5-14-11)12(18)15-9(6-10(16)17)7-3-4-7/h1-2,5,7,9H,3-4,6H2,(H,15,18)(H,16,17). The van der Waals surface area contributed by atoms with Crippen LogP contribution in [0.2, 0.25) is 0 Å². The number of carbonyl (C=O) groups excluding carboxylic acids is 1. The second-order valence-electron chi connectivity index (χ2n) is 4.36. The Morgan fingerprint density at radius 3 is 2.83 bits per heavy atom. The summed E-state index contributed by atoms with van der Waals surface area (Å²) < 4.78 is 0.465. The Balaban J connectivity index is 2.05. The Morgan fingerprint density at radius 2 is 2.28 bits per heavy atom. The van der Waals surface area contributed by atoms with Crippen molar-refractivity contribution in [2.45, 2.75) is 25.3 Å². The van der Waals surface area contributed by atoms with Crippen molar-refractivity contribution >= 4 is 27.8 Å². The van der Waals surface area contributed by atoms with Gasteiger partial charge in [0.05, 0.1) is 12.0 Å². The van der Waals surface area contributed by atoms with Gasteiger partial charge in [-0.05, 0) is 46.8 Å². The van der Waals surface area contributed by atoms with Gasteiger partial charge in [-0.25, -0.2) is 4.98 Å². The summed E-state index contributed by atoms with van der Waals surface area (Å²) in [6.45, 7) is 0. The van der Waals surface area contributed by atoms with Crippen LogP contribution < -0.4 is 5.32 Å². The lowest BCUT2D eigenvalue weighted by molar-refractivity contribution is -0.137. The van der Waals surface area contributed by atoms with E-state index >= 15 is 0 Å². The minimum Gasteiger partial charge on any atom is -0.481 e. The molecule has 0 aliphatic heterocycles. The normalized spacial score (nSPS) is 16.1. The number of carboxylic acid groups (broad SMARTS) is 1. The highest BCUT2D eigenvalue weighted by molar-refractivity contribution is 9.10. The number of pyridine rings is 1. The minimum absolute atomic E-state index is 0.0334. The summed E-state index contributed by atoms with van der Waals surface area (Å²) in [7, 11) is 0. The van der Waals surface area contributed by atoms with Crippen molar-refractivity contribution in [2.75, 3.05) is 0 Å². The lowest BCUT2D eigenvalue weighted by atomic mass is 10.1. The predicted molar refractivity (Wildman–Crippen MR) is 68.2 cm³/mol. The third-order valence-electron chi connectivity index (χ3n) is 2.91. The summed E-state index contributed by atoms with van der Waals surface area (Å²) in [6, 6.07) is 3.03.